The minimum atomic E-state index is 0.680. The lowest BCUT2D eigenvalue weighted by atomic mass is 10.2. The summed E-state index contributed by atoms with van der Waals surface area (Å²) in [6.07, 6.45) is 4.21. The van der Waals surface area contributed by atoms with Gasteiger partial charge >= 0.3 is 0 Å². The quantitative estimate of drug-likeness (QED) is 0.708. The highest BCUT2D eigenvalue weighted by molar-refractivity contribution is 7.22. The maximum Gasteiger partial charge on any atom is 0.184 e. The van der Waals surface area contributed by atoms with Crippen molar-refractivity contribution in [1.29, 1.82) is 0 Å². The number of anilines is 1. The Balaban J connectivity index is 1.63. The minimum absolute atomic E-state index is 0.680. The standard InChI is InChI=1S/C18H18N2OS/c1-2-21-15-10-11-16-17(13-15)22-18(20-16)19-12-6-9-14-7-4-3-5-8-14/h3-11,13H,2,12H2,1H3,(H,19,20)/b9-6+. The van der Waals surface area contributed by atoms with Gasteiger partial charge in [0, 0.05) is 6.54 Å². The molecule has 0 saturated carbocycles. The second-order valence-corrected chi connectivity index (χ2v) is 5.81. The van der Waals surface area contributed by atoms with Gasteiger partial charge in [-0.3, -0.25) is 0 Å². The first-order valence-electron chi connectivity index (χ1n) is 7.34. The van der Waals surface area contributed by atoms with Gasteiger partial charge in [-0.1, -0.05) is 53.8 Å². The van der Waals surface area contributed by atoms with E-state index in [2.05, 4.69) is 34.6 Å². The number of fused-ring (bicyclic) bond motifs is 1. The molecule has 0 radical (unpaired) electrons. The van der Waals surface area contributed by atoms with Gasteiger partial charge in [-0.15, -0.1) is 0 Å². The van der Waals surface area contributed by atoms with Crippen LogP contribution in [0.4, 0.5) is 5.13 Å². The monoisotopic (exact) mass is 310 g/mol. The third-order valence-corrected chi connectivity index (χ3v) is 4.13. The fourth-order valence-electron chi connectivity index (χ4n) is 2.14. The molecule has 0 unspecified atom stereocenters. The summed E-state index contributed by atoms with van der Waals surface area (Å²) >= 11 is 1.65. The second kappa shape index (κ2) is 7.09. The lowest BCUT2D eigenvalue weighted by Gasteiger charge is -2.00. The zero-order valence-corrected chi connectivity index (χ0v) is 13.3. The number of ether oxygens (including phenoxy) is 1. The molecule has 112 valence electrons. The lowest BCUT2D eigenvalue weighted by Crippen LogP contribution is -1.96. The Kier molecular flexibility index (Phi) is 4.71. The molecule has 0 spiro atoms. The van der Waals surface area contributed by atoms with Crippen LogP contribution in [0.2, 0.25) is 0 Å². The summed E-state index contributed by atoms with van der Waals surface area (Å²) in [5.74, 6) is 0.897. The van der Waals surface area contributed by atoms with Gasteiger partial charge in [-0.2, -0.15) is 0 Å². The van der Waals surface area contributed by atoms with E-state index in [1.165, 1.54) is 5.56 Å². The molecule has 0 aliphatic carbocycles. The Morgan fingerprint density at radius 3 is 2.86 bits per heavy atom. The van der Waals surface area contributed by atoms with Crippen LogP contribution < -0.4 is 10.1 Å². The number of benzene rings is 2. The van der Waals surface area contributed by atoms with E-state index in [1.54, 1.807) is 11.3 Å². The lowest BCUT2D eigenvalue weighted by molar-refractivity contribution is 0.341. The Labute approximate surface area is 134 Å². The van der Waals surface area contributed by atoms with Crippen LogP contribution in [0.15, 0.2) is 54.6 Å². The Hall–Kier alpha value is -2.33. The highest BCUT2D eigenvalue weighted by Crippen LogP contribution is 2.29. The van der Waals surface area contributed by atoms with Crippen LogP contribution >= 0.6 is 11.3 Å². The molecule has 0 amide bonds. The fraction of sp³-hybridized carbons (Fsp3) is 0.167. The summed E-state index contributed by atoms with van der Waals surface area (Å²) in [6, 6.07) is 16.3. The Morgan fingerprint density at radius 1 is 1.18 bits per heavy atom. The minimum Gasteiger partial charge on any atom is -0.494 e. The zero-order chi connectivity index (χ0) is 15.2. The first kappa shape index (κ1) is 14.6. The van der Waals surface area contributed by atoms with Gasteiger partial charge < -0.3 is 10.1 Å². The van der Waals surface area contributed by atoms with Gasteiger partial charge in [0.1, 0.15) is 5.75 Å². The van der Waals surface area contributed by atoms with Crippen molar-refractivity contribution in [3.8, 4) is 5.75 Å². The number of hydrogen-bond acceptors (Lipinski definition) is 4. The van der Waals surface area contributed by atoms with Crippen molar-refractivity contribution >= 4 is 32.8 Å². The smallest absolute Gasteiger partial charge is 0.184 e. The van der Waals surface area contributed by atoms with E-state index in [1.807, 2.05) is 43.3 Å². The van der Waals surface area contributed by atoms with Crippen LogP contribution in [0.5, 0.6) is 5.75 Å². The molecule has 3 rings (SSSR count). The van der Waals surface area contributed by atoms with E-state index in [0.29, 0.717) is 6.61 Å². The summed E-state index contributed by atoms with van der Waals surface area (Å²) in [7, 11) is 0. The molecule has 22 heavy (non-hydrogen) atoms. The largest absolute Gasteiger partial charge is 0.494 e. The predicted molar refractivity (Wildman–Crippen MR) is 94.8 cm³/mol. The number of nitrogens with zero attached hydrogens (tertiary/aromatic N) is 1. The van der Waals surface area contributed by atoms with E-state index in [0.717, 1.165) is 27.6 Å². The number of aromatic nitrogens is 1. The average molecular weight is 310 g/mol. The van der Waals surface area contributed by atoms with Gasteiger partial charge in [0.05, 0.1) is 16.8 Å². The van der Waals surface area contributed by atoms with Crippen molar-refractivity contribution in [2.24, 2.45) is 0 Å². The number of rotatable bonds is 6. The molecule has 0 aliphatic rings. The molecule has 1 heterocycles. The summed E-state index contributed by atoms with van der Waals surface area (Å²) in [6.45, 7) is 3.43. The Bertz CT molecular complexity index is 765. The summed E-state index contributed by atoms with van der Waals surface area (Å²) in [5, 5.41) is 4.27. The molecule has 0 bridgehead atoms. The van der Waals surface area contributed by atoms with Crippen molar-refractivity contribution in [1.82, 2.24) is 4.98 Å². The van der Waals surface area contributed by atoms with Gasteiger partial charge in [0.15, 0.2) is 5.13 Å². The van der Waals surface area contributed by atoms with Crippen molar-refractivity contribution in [3.63, 3.8) is 0 Å². The van der Waals surface area contributed by atoms with Gasteiger partial charge in [-0.05, 0) is 30.7 Å². The van der Waals surface area contributed by atoms with Crippen LogP contribution in [0.1, 0.15) is 12.5 Å². The third-order valence-electron chi connectivity index (χ3n) is 3.15. The highest BCUT2D eigenvalue weighted by Gasteiger charge is 2.04. The van der Waals surface area contributed by atoms with Crippen molar-refractivity contribution in [2.45, 2.75) is 6.92 Å². The van der Waals surface area contributed by atoms with Gasteiger partial charge in [0.2, 0.25) is 0 Å². The van der Waals surface area contributed by atoms with Gasteiger partial charge in [0.25, 0.3) is 0 Å². The predicted octanol–water partition coefficient (Wildman–Crippen LogP) is 4.82. The SMILES string of the molecule is CCOc1ccc2nc(NC/C=C/c3ccccc3)sc2c1. The van der Waals surface area contributed by atoms with Crippen molar-refractivity contribution < 1.29 is 4.74 Å². The van der Waals surface area contributed by atoms with Crippen LogP contribution in [0.25, 0.3) is 16.3 Å². The molecule has 1 aromatic heterocycles. The van der Waals surface area contributed by atoms with Gasteiger partial charge in [-0.25, -0.2) is 4.98 Å². The van der Waals surface area contributed by atoms with E-state index in [-0.39, 0.29) is 0 Å². The first-order chi connectivity index (χ1) is 10.8. The number of thiazole rings is 1. The highest BCUT2D eigenvalue weighted by atomic mass is 32.1. The normalized spacial score (nSPS) is 11.1. The topological polar surface area (TPSA) is 34.1 Å². The number of hydrogen-bond donors (Lipinski definition) is 1. The van der Waals surface area contributed by atoms with E-state index >= 15 is 0 Å². The van der Waals surface area contributed by atoms with Crippen LogP contribution in [-0.2, 0) is 0 Å². The van der Waals surface area contributed by atoms with Crippen molar-refractivity contribution in [3.05, 3.63) is 60.2 Å². The first-order valence-corrected chi connectivity index (χ1v) is 8.15. The molecule has 0 saturated heterocycles. The average Bonchev–Trinajstić information content (AvgIpc) is 2.95. The maximum atomic E-state index is 5.52. The molecule has 3 nitrogen and oxygen atoms in total. The van der Waals surface area contributed by atoms with Crippen LogP contribution in [0, 0.1) is 0 Å². The van der Waals surface area contributed by atoms with E-state index < -0.39 is 0 Å². The summed E-state index contributed by atoms with van der Waals surface area (Å²) < 4.78 is 6.66. The third kappa shape index (κ3) is 3.65. The molecule has 0 aliphatic heterocycles. The number of nitrogens with one attached hydrogen (secondary N) is 1. The molecular formula is C18H18N2OS. The zero-order valence-electron chi connectivity index (χ0n) is 12.5. The van der Waals surface area contributed by atoms with Crippen molar-refractivity contribution in [2.75, 3.05) is 18.5 Å². The molecular weight excluding hydrogens is 292 g/mol. The van der Waals surface area contributed by atoms with Crippen LogP contribution in [0.3, 0.4) is 0 Å². The summed E-state index contributed by atoms with van der Waals surface area (Å²) in [4.78, 5) is 4.58. The maximum absolute atomic E-state index is 5.52. The summed E-state index contributed by atoms with van der Waals surface area (Å²) in [5.41, 5.74) is 2.21. The molecule has 0 atom stereocenters. The van der Waals surface area contributed by atoms with E-state index in [4.69, 9.17) is 4.74 Å². The molecule has 4 heteroatoms. The fourth-order valence-corrected chi connectivity index (χ4v) is 3.04. The molecule has 1 N–H and O–H groups in total. The molecule has 0 fully saturated rings. The molecule has 2 aromatic carbocycles. The van der Waals surface area contributed by atoms with E-state index in [9.17, 15) is 0 Å². The molecule has 3 aromatic rings. The Morgan fingerprint density at radius 2 is 2.05 bits per heavy atom. The van der Waals surface area contributed by atoms with Crippen LogP contribution in [-0.4, -0.2) is 18.1 Å². The second-order valence-electron chi connectivity index (χ2n) is 4.78.